The maximum atomic E-state index is 14.0. The molecule has 166 valence electrons. The Morgan fingerprint density at radius 3 is 2.36 bits per heavy atom. The van der Waals surface area contributed by atoms with E-state index in [9.17, 15) is 19.1 Å². The summed E-state index contributed by atoms with van der Waals surface area (Å²) in [6.07, 6.45) is 1.20. The van der Waals surface area contributed by atoms with Crippen molar-refractivity contribution in [1.29, 1.82) is 0 Å². The first-order valence-corrected chi connectivity index (χ1v) is 10.1. The topological polar surface area (TPSA) is 88.1 Å². The molecule has 1 fully saturated rings. The Balaban J connectivity index is 1.63. The monoisotopic (exact) mass is 464 g/mol. The van der Waals surface area contributed by atoms with Crippen LogP contribution in [0.1, 0.15) is 5.56 Å². The number of nitrogens with zero attached hydrogens (tertiary/aromatic N) is 1. The van der Waals surface area contributed by atoms with E-state index in [1.54, 1.807) is 24.3 Å². The molecule has 0 radical (unpaired) electrons. The largest absolute Gasteiger partial charge is 0.502 e. The number of amides is 2. The lowest BCUT2D eigenvalue weighted by atomic mass is 10.1. The Labute approximate surface area is 193 Å². The number of methoxy groups -OCH3 is 1. The average Bonchev–Trinajstić information content (AvgIpc) is 2.80. The lowest BCUT2D eigenvalue weighted by molar-refractivity contribution is -0.122. The van der Waals surface area contributed by atoms with Crippen molar-refractivity contribution in [1.82, 2.24) is 5.32 Å². The minimum atomic E-state index is -0.953. The van der Waals surface area contributed by atoms with Crippen molar-refractivity contribution < 1.29 is 28.6 Å². The van der Waals surface area contributed by atoms with Crippen LogP contribution in [0.25, 0.3) is 6.08 Å². The number of para-hydroxylation sites is 1. The maximum Gasteiger partial charge on any atom is 0.270 e. The van der Waals surface area contributed by atoms with Gasteiger partial charge in [0.1, 0.15) is 17.1 Å². The quantitative estimate of drug-likeness (QED) is 0.335. The van der Waals surface area contributed by atoms with Gasteiger partial charge in [0, 0.05) is 0 Å². The van der Waals surface area contributed by atoms with E-state index in [-0.39, 0.29) is 22.0 Å². The molecule has 2 N–H and O–H groups in total. The minimum absolute atomic E-state index is 0.0895. The molecular formula is C24H17FN2O5S. The summed E-state index contributed by atoms with van der Waals surface area (Å²) < 4.78 is 24.7. The molecule has 1 saturated heterocycles. The highest BCUT2D eigenvalue weighted by Crippen LogP contribution is 2.32. The van der Waals surface area contributed by atoms with Gasteiger partial charge in [-0.3, -0.25) is 19.8 Å². The maximum absolute atomic E-state index is 14.0. The predicted molar refractivity (Wildman–Crippen MR) is 124 cm³/mol. The number of halogens is 1. The number of nitrogens with one attached hydrogen (secondary N) is 1. The van der Waals surface area contributed by atoms with Gasteiger partial charge in [-0.25, -0.2) is 4.39 Å². The van der Waals surface area contributed by atoms with Crippen LogP contribution in [0.2, 0.25) is 0 Å². The van der Waals surface area contributed by atoms with Crippen LogP contribution in [0, 0.1) is 5.82 Å². The molecule has 1 aliphatic heterocycles. The first-order chi connectivity index (χ1) is 15.9. The van der Waals surface area contributed by atoms with Gasteiger partial charge in [0.2, 0.25) is 0 Å². The normalized spacial score (nSPS) is 14.9. The number of hydrogen-bond acceptors (Lipinski definition) is 6. The zero-order valence-corrected chi connectivity index (χ0v) is 18.1. The Bertz CT molecular complexity index is 1280. The molecule has 0 aromatic heterocycles. The third-order valence-electron chi connectivity index (χ3n) is 4.76. The van der Waals surface area contributed by atoms with Crippen molar-refractivity contribution in [2.24, 2.45) is 0 Å². The number of anilines is 1. The van der Waals surface area contributed by atoms with Gasteiger partial charge in [-0.05, 0) is 72.4 Å². The molecule has 1 heterocycles. The van der Waals surface area contributed by atoms with E-state index < -0.39 is 23.4 Å². The molecular weight excluding hydrogens is 447 g/mol. The standard InChI is InChI=1S/C24H17FN2O5S/c1-31-20-13-14(12-19(25)21(20)28)11-18-22(29)26-24(33)27(23(18)30)15-7-9-17(10-8-15)32-16-5-3-2-4-6-16/h2-13,28H,1H3,(H,26,29,33)/b18-11+. The summed E-state index contributed by atoms with van der Waals surface area (Å²) >= 11 is 5.20. The summed E-state index contributed by atoms with van der Waals surface area (Å²) in [7, 11) is 1.26. The van der Waals surface area contributed by atoms with Gasteiger partial charge in [-0.2, -0.15) is 0 Å². The first-order valence-electron chi connectivity index (χ1n) is 9.68. The second kappa shape index (κ2) is 9.09. The lowest BCUT2D eigenvalue weighted by Gasteiger charge is -2.29. The van der Waals surface area contributed by atoms with Gasteiger partial charge >= 0.3 is 0 Å². The number of benzene rings is 3. The fourth-order valence-electron chi connectivity index (χ4n) is 3.18. The van der Waals surface area contributed by atoms with E-state index in [4.69, 9.17) is 21.7 Å². The van der Waals surface area contributed by atoms with Crippen LogP contribution in [0.15, 0.2) is 72.3 Å². The van der Waals surface area contributed by atoms with Gasteiger partial charge in [-0.1, -0.05) is 18.2 Å². The molecule has 0 aliphatic carbocycles. The van der Waals surface area contributed by atoms with Gasteiger partial charge in [-0.15, -0.1) is 0 Å². The number of hydrogen-bond donors (Lipinski definition) is 2. The smallest absolute Gasteiger partial charge is 0.270 e. The van der Waals surface area contributed by atoms with Crippen molar-refractivity contribution in [3.8, 4) is 23.0 Å². The number of rotatable bonds is 5. The number of thiocarbonyl (C=S) groups is 1. The average molecular weight is 464 g/mol. The highest BCUT2D eigenvalue weighted by Gasteiger charge is 2.34. The van der Waals surface area contributed by atoms with E-state index in [0.717, 1.165) is 11.0 Å². The van der Waals surface area contributed by atoms with Gasteiger partial charge < -0.3 is 14.6 Å². The van der Waals surface area contributed by atoms with Crippen molar-refractivity contribution in [2.75, 3.05) is 12.0 Å². The molecule has 2 amide bonds. The Morgan fingerprint density at radius 1 is 1.03 bits per heavy atom. The summed E-state index contributed by atoms with van der Waals surface area (Å²) in [6, 6.07) is 18.1. The first kappa shape index (κ1) is 22.0. The summed E-state index contributed by atoms with van der Waals surface area (Å²) in [5.41, 5.74) is 0.297. The van der Waals surface area contributed by atoms with Gasteiger partial charge in [0.25, 0.3) is 11.8 Å². The highest BCUT2D eigenvalue weighted by atomic mass is 32.1. The molecule has 9 heteroatoms. The molecule has 4 rings (SSSR count). The van der Waals surface area contributed by atoms with Crippen LogP contribution in [-0.4, -0.2) is 29.1 Å². The van der Waals surface area contributed by atoms with Crippen molar-refractivity contribution in [2.45, 2.75) is 0 Å². The van der Waals surface area contributed by atoms with E-state index >= 15 is 0 Å². The fraction of sp³-hybridized carbons (Fsp3) is 0.0417. The third-order valence-corrected chi connectivity index (χ3v) is 5.04. The SMILES string of the molecule is COc1cc(/C=C2\C(=O)NC(=S)N(c3ccc(Oc4ccccc4)cc3)C2=O)cc(F)c1O. The molecule has 33 heavy (non-hydrogen) atoms. The summed E-state index contributed by atoms with van der Waals surface area (Å²) in [4.78, 5) is 26.7. The Hall–Kier alpha value is -4.24. The molecule has 3 aromatic rings. The highest BCUT2D eigenvalue weighted by molar-refractivity contribution is 7.80. The summed E-state index contributed by atoms with van der Waals surface area (Å²) in [5, 5.41) is 12.0. The van der Waals surface area contributed by atoms with Gasteiger partial charge in [0.05, 0.1) is 12.8 Å². The van der Waals surface area contributed by atoms with Crippen molar-refractivity contribution in [3.05, 3.63) is 83.7 Å². The van der Waals surface area contributed by atoms with E-state index in [0.29, 0.717) is 17.2 Å². The van der Waals surface area contributed by atoms with Gasteiger partial charge in [0.15, 0.2) is 22.4 Å². The number of carbonyl (C=O) groups excluding carboxylic acids is 2. The predicted octanol–water partition coefficient (Wildman–Crippen LogP) is 4.16. The van der Waals surface area contributed by atoms with Crippen LogP contribution in [0.5, 0.6) is 23.0 Å². The Kier molecular flexibility index (Phi) is 6.05. The van der Waals surface area contributed by atoms with E-state index in [1.807, 2.05) is 30.3 Å². The molecule has 3 aromatic carbocycles. The van der Waals surface area contributed by atoms with Crippen molar-refractivity contribution >= 4 is 40.9 Å². The number of phenolic OH excluding ortho intramolecular Hbond substituents is 1. The van der Waals surface area contributed by atoms with Crippen LogP contribution < -0.4 is 19.7 Å². The molecule has 0 atom stereocenters. The molecule has 0 unspecified atom stereocenters. The fourth-order valence-corrected chi connectivity index (χ4v) is 3.46. The minimum Gasteiger partial charge on any atom is -0.502 e. The second-order valence-corrected chi connectivity index (χ2v) is 7.31. The van der Waals surface area contributed by atoms with Crippen LogP contribution in [-0.2, 0) is 9.59 Å². The summed E-state index contributed by atoms with van der Waals surface area (Å²) in [5.74, 6) is -1.96. The summed E-state index contributed by atoms with van der Waals surface area (Å²) in [6.45, 7) is 0. The van der Waals surface area contributed by atoms with E-state index in [2.05, 4.69) is 5.32 Å². The van der Waals surface area contributed by atoms with Crippen LogP contribution in [0.4, 0.5) is 10.1 Å². The second-order valence-electron chi connectivity index (χ2n) is 6.92. The molecule has 0 bridgehead atoms. The zero-order chi connectivity index (χ0) is 23.5. The molecule has 7 nitrogen and oxygen atoms in total. The molecule has 0 saturated carbocycles. The van der Waals surface area contributed by atoms with Crippen LogP contribution >= 0.6 is 12.2 Å². The number of carbonyl (C=O) groups is 2. The molecule has 1 aliphatic rings. The number of ether oxygens (including phenoxy) is 2. The number of phenols is 1. The Morgan fingerprint density at radius 2 is 1.70 bits per heavy atom. The molecule has 0 spiro atoms. The number of aromatic hydroxyl groups is 1. The van der Waals surface area contributed by atoms with E-state index in [1.165, 1.54) is 19.3 Å². The third kappa shape index (κ3) is 4.53. The van der Waals surface area contributed by atoms with Crippen molar-refractivity contribution in [3.63, 3.8) is 0 Å². The van der Waals surface area contributed by atoms with Crippen LogP contribution in [0.3, 0.4) is 0 Å². The zero-order valence-electron chi connectivity index (χ0n) is 17.2. The lowest BCUT2D eigenvalue weighted by Crippen LogP contribution is -2.54.